The minimum atomic E-state index is -4.15. The summed E-state index contributed by atoms with van der Waals surface area (Å²) in [5.74, 6) is -1.46. The Labute approximate surface area is 130 Å². The third kappa shape index (κ3) is 3.60. The molecule has 1 aromatic carbocycles. The molecule has 21 heavy (non-hydrogen) atoms. The van der Waals surface area contributed by atoms with Gasteiger partial charge in [0, 0.05) is 6.61 Å². The lowest BCUT2D eigenvalue weighted by molar-refractivity contribution is 0.0888. The molecular weight excluding hydrogens is 367 g/mol. The number of halogens is 2. The summed E-state index contributed by atoms with van der Waals surface area (Å²) < 4.78 is 41.5. The second-order valence-corrected chi connectivity index (χ2v) is 7.45. The van der Waals surface area contributed by atoms with Crippen molar-refractivity contribution in [2.75, 3.05) is 13.2 Å². The predicted octanol–water partition coefficient (Wildman–Crippen LogP) is 1.14. The van der Waals surface area contributed by atoms with Crippen LogP contribution in [-0.4, -0.2) is 33.1 Å². The first kappa shape index (κ1) is 16.3. The number of benzene rings is 1. The minimum absolute atomic E-state index is 0.0635. The lowest BCUT2D eigenvalue weighted by Gasteiger charge is -2.24. The van der Waals surface area contributed by atoms with E-state index in [1.54, 1.807) is 6.92 Å². The molecule has 0 aromatic heterocycles. The average Bonchev–Trinajstić information content (AvgIpc) is 2.76. The zero-order valence-corrected chi connectivity index (χ0v) is 13.6. The van der Waals surface area contributed by atoms with E-state index in [4.69, 9.17) is 9.88 Å². The number of nitrogens with two attached hydrogens (primary N) is 1. The molecule has 1 fully saturated rings. The van der Waals surface area contributed by atoms with Crippen LogP contribution in [0.1, 0.15) is 23.7 Å². The van der Waals surface area contributed by atoms with E-state index in [9.17, 15) is 17.6 Å². The van der Waals surface area contributed by atoms with E-state index >= 15 is 0 Å². The van der Waals surface area contributed by atoms with Gasteiger partial charge in [0.05, 0.1) is 27.1 Å². The third-order valence-corrected chi connectivity index (χ3v) is 5.24. The summed E-state index contributed by atoms with van der Waals surface area (Å²) in [7, 11) is -4.15. The van der Waals surface area contributed by atoms with Crippen molar-refractivity contribution >= 4 is 31.9 Å². The number of ether oxygens (including phenoxy) is 1. The van der Waals surface area contributed by atoms with Crippen LogP contribution in [0.15, 0.2) is 21.5 Å². The van der Waals surface area contributed by atoms with Crippen molar-refractivity contribution in [1.82, 2.24) is 5.32 Å². The van der Waals surface area contributed by atoms with Gasteiger partial charge in [-0.15, -0.1) is 0 Å². The smallest absolute Gasteiger partial charge is 0.253 e. The Kier molecular flexibility index (Phi) is 4.39. The Morgan fingerprint density at radius 1 is 1.52 bits per heavy atom. The number of carbonyl (C=O) groups excluding carboxylic acids is 1. The summed E-state index contributed by atoms with van der Waals surface area (Å²) in [6.45, 7) is 2.66. The van der Waals surface area contributed by atoms with Gasteiger partial charge in [-0.05, 0) is 41.4 Å². The van der Waals surface area contributed by atoms with Crippen LogP contribution >= 0.6 is 15.9 Å². The molecule has 1 aromatic rings. The van der Waals surface area contributed by atoms with Crippen molar-refractivity contribution in [2.24, 2.45) is 5.14 Å². The maximum Gasteiger partial charge on any atom is 0.253 e. The molecule has 0 radical (unpaired) electrons. The SMILES string of the molecule is CC1(NC(=O)c2cc(F)cc(S(N)(=O)=O)c2Br)CCOC1. The Balaban J connectivity index is 2.40. The standard InChI is InChI=1S/C12H14BrFN2O4S/c1-12(2-3-20-6-12)16-11(17)8-4-7(14)5-9(10(8)13)21(15,18)19/h4-5H,2-3,6H2,1H3,(H,16,17)(H2,15,18,19). The largest absolute Gasteiger partial charge is 0.379 e. The van der Waals surface area contributed by atoms with Gasteiger partial charge in [0.1, 0.15) is 5.82 Å². The van der Waals surface area contributed by atoms with Crippen LogP contribution in [0.2, 0.25) is 0 Å². The van der Waals surface area contributed by atoms with Crippen molar-refractivity contribution < 1.29 is 22.3 Å². The van der Waals surface area contributed by atoms with Crippen molar-refractivity contribution in [3.8, 4) is 0 Å². The Morgan fingerprint density at radius 2 is 2.19 bits per heavy atom. The molecule has 6 nitrogen and oxygen atoms in total. The van der Waals surface area contributed by atoms with E-state index in [-0.39, 0.29) is 10.0 Å². The molecule has 116 valence electrons. The number of nitrogens with one attached hydrogen (secondary N) is 1. The van der Waals surface area contributed by atoms with Crippen LogP contribution in [0.5, 0.6) is 0 Å². The highest BCUT2D eigenvalue weighted by Gasteiger charge is 2.32. The number of sulfonamides is 1. The highest BCUT2D eigenvalue weighted by Crippen LogP contribution is 2.27. The lowest BCUT2D eigenvalue weighted by Crippen LogP contribution is -2.46. The van der Waals surface area contributed by atoms with Gasteiger partial charge in [0.25, 0.3) is 5.91 Å². The van der Waals surface area contributed by atoms with Crippen molar-refractivity contribution in [1.29, 1.82) is 0 Å². The van der Waals surface area contributed by atoms with Crippen molar-refractivity contribution in [3.05, 3.63) is 28.0 Å². The molecule has 1 saturated heterocycles. The molecule has 1 aliphatic rings. The van der Waals surface area contributed by atoms with E-state index in [2.05, 4.69) is 21.2 Å². The normalized spacial score (nSPS) is 22.3. The van der Waals surface area contributed by atoms with Crippen LogP contribution in [0.4, 0.5) is 4.39 Å². The zero-order valence-electron chi connectivity index (χ0n) is 11.2. The molecular formula is C12H14BrFN2O4S. The van der Waals surface area contributed by atoms with Gasteiger partial charge < -0.3 is 10.1 Å². The first-order valence-corrected chi connectivity index (χ1v) is 8.38. The Bertz CT molecular complexity index is 687. The Morgan fingerprint density at radius 3 is 2.71 bits per heavy atom. The van der Waals surface area contributed by atoms with Gasteiger partial charge >= 0.3 is 0 Å². The summed E-state index contributed by atoms with van der Waals surface area (Å²) in [6, 6.07) is 1.71. The van der Waals surface area contributed by atoms with Crippen LogP contribution in [-0.2, 0) is 14.8 Å². The van der Waals surface area contributed by atoms with E-state index in [0.717, 1.165) is 12.1 Å². The van der Waals surface area contributed by atoms with Crippen LogP contribution in [0, 0.1) is 5.82 Å². The van der Waals surface area contributed by atoms with Crippen LogP contribution in [0.25, 0.3) is 0 Å². The molecule has 1 amide bonds. The van der Waals surface area contributed by atoms with Gasteiger partial charge in [-0.3, -0.25) is 4.79 Å². The summed E-state index contributed by atoms with van der Waals surface area (Å²) in [4.78, 5) is 11.8. The van der Waals surface area contributed by atoms with E-state index in [0.29, 0.717) is 19.6 Å². The highest BCUT2D eigenvalue weighted by atomic mass is 79.9. The maximum atomic E-state index is 13.6. The number of primary sulfonamides is 1. The summed E-state index contributed by atoms with van der Waals surface area (Å²) in [5, 5.41) is 7.73. The molecule has 0 saturated carbocycles. The molecule has 1 atom stereocenters. The van der Waals surface area contributed by atoms with E-state index in [1.807, 2.05) is 0 Å². The molecule has 1 aliphatic heterocycles. The predicted molar refractivity (Wildman–Crippen MR) is 76.8 cm³/mol. The summed E-state index contributed by atoms with van der Waals surface area (Å²) in [6.07, 6.45) is 0.619. The topological polar surface area (TPSA) is 98.5 Å². The quantitative estimate of drug-likeness (QED) is 0.821. The third-order valence-electron chi connectivity index (χ3n) is 3.19. The molecule has 9 heteroatoms. The van der Waals surface area contributed by atoms with Crippen LogP contribution in [0.3, 0.4) is 0 Å². The van der Waals surface area contributed by atoms with Crippen molar-refractivity contribution in [2.45, 2.75) is 23.8 Å². The van der Waals surface area contributed by atoms with Crippen LogP contribution < -0.4 is 10.5 Å². The molecule has 3 N–H and O–H groups in total. The van der Waals surface area contributed by atoms with Crippen molar-refractivity contribution in [3.63, 3.8) is 0 Å². The van der Waals surface area contributed by atoms with Gasteiger partial charge in [0.15, 0.2) is 0 Å². The molecule has 1 unspecified atom stereocenters. The van der Waals surface area contributed by atoms with Gasteiger partial charge in [-0.25, -0.2) is 17.9 Å². The lowest BCUT2D eigenvalue weighted by atomic mass is 10.0. The number of rotatable bonds is 3. The number of hydrogen-bond acceptors (Lipinski definition) is 4. The number of hydrogen-bond donors (Lipinski definition) is 2. The number of amides is 1. The number of carbonyl (C=O) groups is 1. The fourth-order valence-corrected chi connectivity index (χ4v) is 3.77. The molecule has 0 aliphatic carbocycles. The second kappa shape index (κ2) is 5.64. The van der Waals surface area contributed by atoms with E-state index < -0.39 is 32.2 Å². The molecule has 0 bridgehead atoms. The summed E-state index contributed by atoms with van der Waals surface area (Å²) >= 11 is 3.00. The molecule has 0 spiro atoms. The van der Waals surface area contributed by atoms with Gasteiger partial charge in [-0.1, -0.05) is 0 Å². The maximum absolute atomic E-state index is 13.6. The first-order valence-electron chi connectivity index (χ1n) is 6.04. The summed E-state index contributed by atoms with van der Waals surface area (Å²) in [5.41, 5.74) is -0.697. The monoisotopic (exact) mass is 380 g/mol. The van der Waals surface area contributed by atoms with Gasteiger partial charge in [-0.2, -0.15) is 0 Å². The first-order chi connectivity index (χ1) is 9.62. The average molecular weight is 381 g/mol. The molecule has 1 heterocycles. The highest BCUT2D eigenvalue weighted by molar-refractivity contribution is 9.10. The fraction of sp³-hybridized carbons (Fsp3) is 0.417. The Hall–Kier alpha value is -1.03. The molecule has 2 rings (SSSR count). The zero-order chi connectivity index (χ0) is 15.8. The minimum Gasteiger partial charge on any atom is -0.379 e. The fourth-order valence-electron chi connectivity index (χ4n) is 2.04. The van der Waals surface area contributed by atoms with E-state index in [1.165, 1.54) is 0 Å². The van der Waals surface area contributed by atoms with Gasteiger partial charge in [0.2, 0.25) is 10.0 Å². The second-order valence-electron chi connectivity index (χ2n) is 5.13.